The van der Waals surface area contributed by atoms with Gasteiger partial charge in [0.2, 0.25) is 0 Å². The number of fused-ring (bicyclic) bond motifs is 1. The average Bonchev–Trinajstić information content (AvgIpc) is 3.16. The van der Waals surface area contributed by atoms with Gasteiger partial charge in [-0.25, -0.2) is 4.79 Å². The number of carbonyl (C=O) groups is 2. The molecule has 0 aliphatic heterocycles. The van der Waals surface area contributed by atoms with E-state index < -0.39 is 29.2 Å². The van der Waals surface area contributed by atoms with Crippen LogP contribution in [0.15, 0.2) is 42.5 Å². The van der Waals surface area contributed by atoms with Gasteiger partial charge in [0, 0.05) is 11.1 Å². The minimum absolute atomic E-state index is 0.0274. The van der Waals surface area contributed by atoms with Crippen molar-refractivity contribution in [3.05, 3.63) is 75.4 Å². The maximum Gasteiger partial charge on any atom is 0.417 e. The van der Waals surface area contributed by atoms with E-state index in [0.717, 1.165) is 28.8 Å². The van der Waals surface area contributed by atoms with Crippen molar-refractivity contribution in [2.24, 2.45) is 11.3 Å². The molecule has 0 radical (unpaired) electrons. The molecule has 0 amide bonds. The molecule has 35 heavy (non-hydrogen) atoms. The highest BCUT2D eigenvalue weighted by Gasteiger charge is 2.39. The number of carboxylic acid groups (broad SMARTS) is 1. The number of rotatable bonds is 3. The highest BCUT2D eigenvalue weighted by Crippen LogP contribution is 2.42. The van der Waals surface area contributed by atoms with Crippen LogP contribution >= 0.6 is 11.6 Å². The topological polar surface area (TPSA) is 72.2 Å². The third kappa shape index (κ3) is 4.72. The van der Waals surface area contributed by atoms with Crippen LogP contribution in [-0.2, 0) is 19.0 Å². The lowest BCUT2D eigenvalue weighted by Gasteiger charge is -2.34. The number of aromatic carboxylic acids is 1. The highest BCUT2D eigenvalue weighted by molar-refractivity contribution is 6.34. The van der Waals surface area contributed by atoms with Crippen LogP contribution in [0.2, 0.25) is 5.02 Å². The summed E-state index contributed by atoms with van der Waals surface area (Å²) in [6, 6.07) is 9.30. The quantitative estimate of drug-likeness (QED) is 0.427. The van der Waals surface area contributed by atoms with Gasteiger partial charge in [-0.3, -0.25) is 4.79 Å². The molecule has 1 heterocycles. The molecule has 1 N–H and O–H groups in total. The fraction of sp³-hybridized carbons (Fsp3) is 0.346. The zero-order valence-corrected chi connectivity index (χ0v) is 20.2. The number of carboxylic acids is 1. The lowest BCUT2D eigenvalue weighted by molar-refractivity contribution is -0.137. The Bertz CT molecular complexity index is 1310. The summed E-state index contributed by atoms with van der Waals surface area (Å²) >= 11 is 6.10. The standard InChI is InChI=1S/C26H24ClF3N2O3/c1-25(2,3)16-11-12-20-17(13-16)22(14-7-9-15(10-8-14)24(34)35)31-32(20)23(33)21-18(26(28,29)30)5-4-6-19(21)27/h4-10,16H,11-13H2,1-3H3,(H,34,35). The van der Waals surface area contributed by atoms with Crippen LogP contribution in [0.3, 0.4) is 0 Å². The minimum atomic E-state index is -4.77. The van der Waals surface area contributed by atoms with Crippen molar-refractivity contribution in [3.63, 3.8) is 0 Å². The first-order valence-electron chi connectivity index (χ1n) is 11.1. The van der Waals surface area contributed by atoms with Gasteiger partial charge in [-0.2, -0.15) is 23.0 Å². The van der Waals surface area contributed by atoms with Gasteiger partial charge in [0.15, 0.2) is 0 Å². The van der Waals surface area contributed by atoms with E-state index in [1.54, 1.807) is 12.1 Å². The monoisotopic (exact) mass is 504 g/mol. The van der Waals surface area contributed by atoms with Crippen LogP contribution < -0.4 is 0 Å². The Morgan fingerprint density at radius 2 is 1.74 bits per heavy atom. The molecule has 0 bridgehead atoms. The van der Waals surface area contributed by atoms with Gasteiger partial charge in [0.1, 0.15) is 0 Å². The largest absolute Gasteiger partial charge is 0.478 e. The molecule has 2 aromatic carbocycles. The third-order valence-corrected chi connectivity index (χ3v) is 6.94. The maximum absolute atomic E-state index is 13.7. The Labute approximate surface area is 205 Å². The molecule has 1 unspecified atom stereocenters. The van der Waals surface area contributed by atoms with E-state index in [4.69, 9.17) is 11.6 Å². The van der Waals surface area contributed by atoms with Crippen molar-refractivity contribution in [2.45, 2.75) is 46.2 Å². The summed E-state index contributed by atoms with van der Waals surface area (Å²) in [5, 5.41) is 13.4. The van der Waals surface area contributed by atoms with Gasteiger partial charge in [-0.15, -0.1) is 0 Å². The SMILES string of the molecule is CC(C)(C)C1CCc2c(c(-c3ccc(C(=O)O)cc3)nn2C(=O)c2c(Cl)cccc2C(F)(F)F)C1. The zero-order valence-electron chi connectivity index (χ0n) is 19.4. The zero-order chi connectivity index (χ0) is 25.7. The van der Waals surface area contributed by atoms with Crippen molar-refractivity contribution in [2.75, 3.05) is 0 Å². The molecule has 1 aliphatic rings. The lowest BCUT2D eigenvalue weighted by Crippen LogP contribution is -2.29. The van der Waals surface area contributed by atoms with E-state index in [0.29, 0.717) is 29.8 Å². The Morgan fingerprint density at radius 3 is 2.31 bits per heavy atom. The van der Waals surface area contributed by atoms with Crippen LogP contribution in [0.5, 0.6) is 0 Å². The number of nitrogens with zero attached hydrogens (tertiary/aromatic N) is 2. The molecular formula is C26H24ClF3N2O3. The first-order valence-corrected chi connectivity index (χ1v) is 11.5. The van der Waals surface area contributed by atoms with Gasteiger partial charge in [-0.05, 0) is 54.9 Å². The maximum atomic E-state index is 13.7. The van der Waals surface area contributed by atoms with Crippen molar-refractivity contribution >= 4 is 23.5 Å². The van der Waals surface area contributed by atoms with Crippen LogP contribution in [0.4, 0.5) is 13.2 Å². The summed E-state index contributed by atoms with van der Waals surface area (Å²) in [5.74, 6) is -1.75. The molecule has 0 saturated heterocycles. The summed E-state index contributed by atoms with van der Waals surface area (Å²) in [5.41, 5.74) is 0.696. The minimum Gasteiger partial charge on any atom is -0.478 e. The molecule has 0 saturated carbocycles. The van der Waals surface area contributed by atoms with E-state index >= 15 is 0 Å². The first kappa shape index (κ1) is 25.0. The molecule has 3 aromatic rings. The summed E-state index contributed by atoms with van der Waals surface area (Å²) in [4.78, 5) is 24.8. The molecule has 1 aromatic heterocycles. The number of halogens is 4. The van der Waals surface area contributed by atoms with E-state index in [1.807, 2.05) is 0 Å². The second-order valence-electron chi connectivity index (χ2n) is 9.84. The second-order valence-corrected chi connectivity index (χ2v) is 10.2. The molecular weight excluding hydrogens is 481 g/mol. The summed E-state index contributed by atoms with van der Waals surface area (Å²) in [6.07, 6.45) is -2.96. The molecule has 184 valence electrons. The number of aromatic nitrogens is 2. The van der Waals surface area contributed by atoms with E-state index in [-0.39, 0.29) is 21.9 Å². The number of benzene rings is 2. The Balaban J connectivity index is 1.89. The fourth-order valence-corrected chi connectivity index (χ4v) is 4.86. The molecule has 1 aliphatic carbocycles. The summed E-state index contributed by atoms with van der Waals surface area (Å²) in [6.45, 7) is 6.37. The van der Waals surface area contributed by atoms with E-state index in [1.165, 1.54) is 18.2 Å². The molecule has 0 fully saturated rings. The predicted molar refractivity (Wildman–Crippen MR) is 126 cm³/mol. The average molecular weight is 505 g/mol. The molecule has 1 atom stereocenters. The number of alkyl halides is 3. The lowest BCUT2D eigenvalue weighted by atomic mass is 9.71. The van der Waals surface area contributed by atoms with Crippen LogP contribution in [-0.4, -0.2) is 26.8 Å². The van der Waals surface area contributed by atoms with Crippen molar-refractivity contribution in [3.8, 4) is 11.3 Å². The fourth-order valence-electron chi connectivity index (χ4n) is 4.61. The highest BCUT2D eigenvalue weighted by atomic mass is 35.5. The first-order chi connectivity index (χ1) is 16.3. The van der Waals surface area contributed by atoms with E-state index in [9.17, 15) is 27.9 Å². The van der Waals surface area contributed by atoms with Crippen LogP contribution in [0.1, 0.15) is 64.7 Å². The Kier molecular flexibility index (Phi) is 6.30. The van der Waals surface area contributed by atoms with Gasteiger partial charge < -0.3 is 5.11 Å². The van der Waals surface area contributed by atoms with Crippen molar-refractivity contribution in [1.29, 1.82) is 0 Å². The van der Waals surface area contributed by atoms with Crippen molar-refractivity contribution < 1.29 is 27.9 Å². The third-order valence-electron chi connectivity index (χ3n) is 6.63. The molecule has 9 heteroatoms. The van der Waals surface area contributed by atoms with Gasteiger partial charge in [-0.1, -0.05) is 50.6 Å². The number of hydrogen-bond donors (Lipinski definition) is 1. The smallest absolute Gasteiger partial charge is 0.417 e. The van der Waals surface area contributed by atoms with Crippen LogP contribution in [0.25, 0.3) is 11.3 Å². The summed E-state index contributed by atoms with van der Waals surface area (Å²) in [7, 11) is 0. The predicted octanol–water partition coefficient (Wildman–Crippen LogP) is 6.76. The molecule has 5 nitrogen and oxygen atoms in total. The van der Waals surface area contributed by atoms with Crippen LogP contribution in [0, 0.1) is 11.3 Å². The van der Waals surface area contributed by atoms with Gasteiger partial charge in [0.05, 0.1) is 33.1 Å². The molecule has 0 spiro atoms. The Morgan fingerprint density at radius 1 is 1.09 bits per heavy atom. The second kappa shape index (κ2) is 8.82. The van der Waals surface area contributed by atoms with Crippen molar-refractivity contribution in [1.82, 2.24) is 9.78 Å². The number of carbonyl (C=O) groups excluding carboxylic acids is 1. The van der Waals surface area contributed by atoms with Gasteiger partial charge >= 0.3 is 12.1 Å². The normalized spacial score (nSPS) is 16.1. The Hall–Kier alpha value is -3.13. The van der Waals surface area contributed by atoms with E-state index in [2.05, 4.69) is 25.9 Å². The molecule has 4 rings (SSSR count). The van der Waals surface area contributed by atoms with Gasteiger partial charge in [0.25, 0.3) is 5.91 Å². The summed E-state index contributed by atoms with van der Waals surface area (Å²) < 4.78 is 42.2. The number of hydrogen-bond acceptors (Lipinski definition) is 3.